The second-order valence-electron chi connectivity index (χ2n) is 7.97. The van der Waals surface area contributed by atoms with E-state index in [0.717, 1.165) is 24.3 Å². The van der Waals surface area contributed by atoms with E-state index in [-0.39, 0.29) is 34.8 Å². The van der Waals surface area contributed by atoms with Gasteiger partial charge in [-0.2, -0.15) is 0 Å². The van der Waals surface area contributed by atoms with Crippen molar-refractivity contribution in [2.75, 3.05) is 29.8 Å². The third-order valence-electron chi connectivity index (χ3n) is 5.67. The third-order valence-corrected chi connectivity index (χ3v) is 7.93. The second kappa shape index (κ2) is 10.2. The molecule has 3 aromatic rings. The molecule has 2 aromatic heterocycles. The molecule has 7 nitrogen and oxygen atoms in total. The summed E-state index contributed by atoms with van der Waals surface area (Å²) >= 11 is 7.52. The fourth-order valence-corrected chi connectivity index (χ4v) is 5.87. The lowest BCUT2D eigenvalue weighted by molar-refractivity contribution is 0.145. The van der Waals surface area contributed by atoms with Crippen LogP contribution in [0.25, 0.3) is 0 Å². The van der Waals surface area contributed by atoms with Gasteiger partial charge in [0.15, 0.2) is 5.82 Å². The third kappa shape index (κ3) is 5.68. The van der Waals surface area contributed by atoms with E-state index in [2.05, 4.69) is 14.7 Å². The normalized spacial score (nSPS) is 16.7. The molecule has 1 saturated heterocycles. The number of nitrogens with one attached hydrogen (secondary N) is 1. The molecule has 0 bridgehead atoms. The van der Waals surface area contributed by atoms with Crippen LogP contribution in [0.4, 0.5) is 29.1 Å². The lowest BCUT2D eigenvalue weighted by Crippen LogP contribution is -2.35. The van der Waals surface area contributed by atoms with Crippen LogP contribution in [-0.4, -0.2) is 49.5 Å². The predicted molar refractivity (Wildman–Crippen MR) is 126 cm³/mol. The highest BCUT2D eigenvalue weighted by molar-refractivity contribution is 7.92. The lowest BCUT2D eigenvalue weighted by atomic mass is 10.2. The van der Waals surface area contributed by atoms with E-state index in [1.165, 1.54) is 22.2 Å². The molecule has 0 radical (unpaired) electrons. The van der Waals surface area contributed by atoms with Crippen LogP contribution in [0.5, 0.6) is 0 Å². The number of benzene rings is 1. The summed E-state index contributed by atoms with van der Waals surface area (Å²) in [5.74, 6) is -1.58. The van der Waals surface area contributed by atoms with Gasteiger partial charge in [-0.05, 0) is 24.6 Å². The van der Waals surface area contributed by atoms with E-state index < -0.39 is 38.7 Å². The van der Waals surface area contributed by atoms with Crippen LogP contribution in [0, 0.1) is 11.6 Å². The number of pyridine rings is 1. The number of rotatable bonds is 8. The minimum atomic E-state index is -4.24. The van der Waals surface area contributed by atoms with Crippen molar-refractivity contribution in [3.63, 3.8) is 0 Å². The van der Waals surface area contributed by atoms with Crippen molar-refractivity contribution in [1.82, 2.24) is 14.9 Å². The van der Waals surface area contributed by atoms with E-state index in [0.29, 0.717) is 19.5 Å². The molecular formula is C21H20ClF4N5O2S2. The Morgan fingerprint density at radius 1 is 1.29 bits per heavy atom. The highest BCUT2D eigenvalue weighted by Gasteiger charge is 2.30. The van der Waals surface area contributed by atoms with E-state index in [4.69, 9.17) is 11.6 Å². The number of alkyl halides is 2. The minimum Gasteiger partial charge on any atom is -0.369 e. The van der Waals surface area contributed by atoms with Crippen molar-refractivity contribution in [1.29, 1.82) is 0 Å². The van der Waals surface area contributed by atoms with Crippen LogP contribution in [0.3, 0.4) is 0 Å². The molecule has 1 aliphatic heterocycles. The smallest absolute Gasteiger partial charge is 0.280 e. The number of hydrogen-bond acceptors (Lipinski definition) is 7. The van der Waals surface area contributed by atoms with Gasteiger partial charge >= 0.3 is 0 Å². The topological polar surface area (TPSA) is 78.4 Å². The number of aromatic nitrogens is 2. The van der Waals surface area contributed by atoms with E-state index >= 15 is 0 Å². The van der Waals surface area contributed by atoms with Gasteiger partial charge < -0.3 is 4.90 Å². The van der Waals surface area contributed by atoms with Crippen molar-refractivity contribution < 1.29 is 26.0 Å². The molecule has 14 heteroatoms. The van der Waals surface area contributed by atoms with Crippen LogP contribution < -0.4 is 9.62 Å². The Kier molecular flexibility index (Phi) is 7.50. The molecule has 4 rings (SSSR count). The van der Waals surface area contributed by atoms with Crippen molar-refractivity contribution >= 4 is 44.5 Å². The maximum absolute atomic E-state index is 14.9. The lowest BCUT2D eigenvalue weighted by Gasteiger charge is -2.28. The molecule has 1 aliphatic rings. The first-order valence-electron chi connectivity index (χ1n) is 10.3. The molecule has 1 aromatic carbocycles. The molecule has 0 aliphatic carbocycles. The Morgan fingerprint density at radius 2 is 2.06 bits per heavy atom. The van der Waals surface area contributed by atoms with Crippen molar-refractivity contribution in [3.05, 3.63) is 63.2 Å². The van der Waals surface area contributed by atoms with E-state index in [9.17, 15) is 26.0 Å². The Labute approximate surface area is 208 Å². The monoisotopic (exact) mass is 549 g/mol. The summed E-state index contributed by atoms with van der Waals surface area (Å²) in [5, 5.41) is 1.50. The molecule has 35 heavy (non-hydrogen) atoms. The quantitative estimate of drug-likeness (QED) is 0.402. The number of nitrogens with zero attached hydrogens (tertiary/aromatic N) is 4. The van der Waals surface area contributed by atoms with Crippen molar-refractivity contribution in [3.8, 4) is 0 Å². The molecular weight excluding hydrogens is 530 g/mol. The molecule has 1 N–H and O–H groups in total. The van der Waals surface area contributed by atoms with Crippen molar-refractivity contribution in [2.45, 2.75) is 30.3 Å². The Hall–Kier alpha value is -2.48. The molecule has 1 atom stereocenters. The average molecular weight is 550 g/mol. The second-order valence-corrected chi connectivity index (χ2v) is 10.7. The molecule has 3 heterocycles. The summed E-state index contributed by atoms with van der Waals surface area (Å²) in [6, 6.07) is 3.86. The van der Waals surface area contributed by atoms with Crippen LogP contribution in [0.15, 0.2) is 40.1 Å². The summed E-state index contributed by atoms with van der Waals surface area (Å²) in [5.41, 5.74) is 1.16. The fourth-order valence-electron chi connectivity index (χ4n) is 3.86. The first kappa shape index (κ1) is 25.6. The van der Waals surface area contributed by atoms with Crippen LogP contribution >= 0.6 is 22.9 Å². The van der Waals surface area contributed by atoms with Gasteiger partial charge in [-0.15, -0.1) is 11.3 Å². The summed E-state index contributed by atoms with van der Waals surface area (Å²) < 4.78 is 82.2. The molecule has 0 spiro atoms. The van der Waals surface area contributed by atoms with Gasteiger partial charge in [-0.3, -0.25) is 9.62 Å². The van der Waals surface area contributed by atoms with Gasteiger partial charge in [-0.1, -0.05) is 11.6 Å². The number of sulfonamides is 1. The molecule has 188 valence electrons. The van der Waals surface area contributed by atoms with Crippen molar-refractivity contribution in [2.24, 2.45) is 0 Å². The summed E-state index contributed by atoms with van der Waals surface area (Å²) in [4.78, 5) is 10.5. The summed E-state index contributed by atoms with van der Waals surface area (Å²) in [6.07, 6.45) is -2.19. The highest BCUT2D eigenvalue weighted by atomic mass is 35.5. The zero-order valence-electron chi connectivity index (χ0n) is 18.3. The Balaban J connectivity index is 1.48. The van der Waals surface area contributed by atoms with Gasteiger partial charge in [0, 0.05) is 44.2 Å². The standard InChI is InChI=1S/C21H20ClF4N5O2S2/c1-30(12-4-5-31(8-12)9-17-14(23)2-3-16(28-17)21(25)26)18-7-15(24)19(6-13(18)22)35(32,33)29-20-10-34-11-27-20/h2-3,6-7,10-12,21,29H,4-5,8-9H2,1H3/t12-/m0/s1. The number of likely N-dealkylation sites (N-methyl/N-ethyl adjacent to an activating group) is 1. The number of likely N-dealkylation sites (tertiary alicyclic amines) is 1. The van der Waals surface area contributed by atoms with Crippen LogP contribution in [0.2, 0.25) is 5.02 Å². The predicted octanol–water partition coefficient (Wildman–Crippen LogP) is 4.92. The zero-order chi connectivity index (χ0) is 25.3. The van der Waals surface area contributed by atoms with Gasteiger partial charge in [0.1, 0.15) is 22.2 Å². The molecule has 1 fully saturated rings. The SMILES string of the molecule is CN(c1cc(F)c(S(=O)(=O)Nc2cscn2)cc1Cl)[C@H]1CCN(Cc2nc(C(F)F)ccc2F)C1. The van der Waals surface area contributed by atoms with Gasteiger partial charge in [0.05, 0.1) is 21.9 Å². The van der Waals surface area contributed by atoms with Gasteiger partial charge in [0.2, 0.25) is 0 Å². The summed E-state index contributed by atoms with van der Waals surface area (Å²) in [7, 11) is -2.56. The Morgan fingerprint density at radius 3 is 2.74 bits per heavy atom. The largest absolute Gasteiger partial charge is 0.369 e. The zero-order valence-corrected chi connectivity index (χ0v) is 20.6. The average Bonchev–Trinajstić information content (AvgIpc) is 3.47. The maximum atomic E-state index is 14.9. The molecule has 0 unspecified atom stereocenters. The first-order chi connectivity index (χ1) is 16.5. The van der Waals surface area contributed by atoms with Crippen LogP contribution in [0.1, 0.15) is 24.2 Å². The highest BCUT2D eigenvalue weighted by Crippen LogP contribution is 2.34. The van der Waals surface area contributed by atoms with E-state index in [1.807, 2.05) is 4.90 Å². The Bertz CT molecular complexity index is 1310. The molecule has 0 amide bonds. The first-order valence-corrected chi connectivity index (χ1v) is 13.1. The molecule has 0 saturated carbocycles. The number of hydrogen-bond donors (Lipinski definition) is 1. The van der Waals surface area contributed by atoms with Gasteiger partial charge in [0.25, 0.3) is 16.4 Å². The minimum absolute atomic E-state index is 0.0309. The number of thiazole rings is 1. The van der Waals surface area contributed by atoms with Crippen LogP contribution in [-0.2, 0) is 16.6 Å². The number of anilines is 2. The maximum Gasteiger partial charge on any atom is 0.280 e. The van der Waals surface area contributed by atoms with E-state index in [1.54, 1.807) is 11.9 Å². The summed E-state index contributed by atoms with van der Waals surface area (Å²) in [6.45, 7) is 0.983. The van der Waals surface area contributed by atoms with Gasteiger partial charge in [-0.25, -0.2) is 35.9 Å². The number of halogens is 5. The fraction of sp³-hybridized carbons (Fsp3) is 0.333.